The van der Waals surface area contributed by atoms with Crippen molar-refractivity contribution in [2.75, 3.05) is 6.54 Å². The molecule has 0 bridgehead atoms. The van der Waals surface area contributed by atoms with Gasteiger partial charge in [0.15, 0.2) is 0 Å². The minimum absolute atomic E-state index is 0.100. The lowest BCUT2D eigenvalue weighted by Crippen LogP contribution is -2.25. The second-order valence-corrected chi connectivity index (χ2v) is 6.19. The highest BCUT2D eigenvalue weighted by molar-refractivity contribution is 8.13. The molecule has 0 aliphatic heterocycles. The second kappa shape index (κ2) is 5.89. The van der Waals surface area contributed by atoms with Crippen LogP contribution in [0.4, 0.5) is 0 Å². The van der Waals surface area contributed by atoms with Crippen LogP contribution in [-0.2, 0) is 9.05 Å². The van der Waals surface area contributed by atoms with E-state index in [-0.39, 0.29) is 16.4 Å². The fourth-order valence-electron chi connectivity index (χ4n) is 1.34. The van der Waals surface area contributed by atoms with E-state index >= 15 is 0 Å². The third-order valence-electron chi connectivity index (χ3n) is 2.29. The first kappa shape index (κ1) is 14.6. The van der Waals surface area contributed by atoms with E-state index in [1.807, 2.05) is 0 Å². The Morgan fingerprint density at radius 3 is 2.72 bits per heavy atom. The Bertz CT molecular complexity index is 602. The summed E-state index contributed by atoms with van der Waals surface area (Å²) in [6, 6.07) is 4.14. The number of benzene rings is 1. The number of terminal acetylenes is 1. The Balaban J connectivity index is 3.02. The van der Waals surface area contributed by atoms with E-state index in [2.05, 4.69) is 11.2 Å². The summed E-state index contributed by atoms with van der Waals surface area (Å²) in [5.74, 6) is 2.02. The molecule has 0 atom stereocenters. The highest BCUT2D eigenvalue weighted by atomic mass is 35.7. The summed E-state index contributed by atoms with van der Waals surface area (Å²) in [6.45, 7) is 2.05. The fourth-order valence-corrected chi connectivity index (χ4v) is 2.12. The summed E-state index contributed by atoms with van der Waals surface area (Å²) in [7, 11) is 1.39. The summed E-state index contributed by atoms with van der Waals surface area (Å²) in [5, 5.41) is 2.60. The van der Waals surface area contributed by atoms with E-state index in [1.165, 1.54) is 18.2 Å². The fraction of sp³-hybridized carbons (Fsp3) is 0.250. The number of carbonyl (C=O) groups is 1. The number of halogens is 1. The van der Waals surface area contributed by atoms with E-state index in [1.54, 1.807) is 6.92 Å². The SMILES string of the molecule is C#CCCNC(=O)c1cc(S(=O)(=O)Cl)ccc1C. The average Bonchev–Trinajstić information content (AvgIpc) is 2.28. The molecule has 1 N–H and O–H groups in total. The normalized spacial score (nSPS) is 10.7. The lowest BCUT2D eigenvalue weighted by atomic mass is 10.1. The van der Waals surface area contributed by atoms with Crippen molar-refractivity contribution < 1.29 is 13.2 Å². The lowest BCUT2D eigenvalue weighted by molar-refractivity contribution is 0.0953. The Labute approximate surface area is 111 Å². The van der Waals surface area contributed by atoms with Crippen LogP contribution in [0.25, 0.3) is 0 Å². The summed E-state index contributed by atoms with van der Waals surface area (Å²) < 4.78 is 22.4. The molecule has 18 heavy (non-hydrogen) atoms. The molecular weight excluding hydrogens is 274 g/mol. The highest BCUT2D eigenvalue weighted by Crippen LogP contribution is 2.19. The van der Waals surface area contributed by atoms with E-state index in [0.29, 0.717) is 18.5 Å². The van der Waals surface area contributed by atoms with Crippen LogP contribution >= 0.6 is 10.7 Å². The standard InChI is InChI=1S/C12H12ClNO3S/c1-3-4-7-14-12(15)11-8-10(18(13,16)17)6-5-9(11)2/h1,5-6,8H,4,7H2,2H3,(H,14,15). The zero-order valence-corrected chi connectivity index (χ0v) is 11.3. The summed E-state index contributed by atoms with van der Waals surface area (Å²) >= 11 is 0. The maximum Gasteiger partial charge on any atom is 0.261 e. The topological polar surface area (TPSA) is 63.2 Å². The van der Waals surface area contributed by atoms with E-state index in [9.17, 15) is 13.2 Å². The van der Waals surface area contributed by atoms with Gasteiger partial charge < -0.3 is 5.32 Å². The molecule has 6 heteroatoms. The molecule has 1 rings (SSSR count). The first-order valence-corrected chi connectivity index (χ1v) is 7.44. The van der Waals surface area contributed by atoms with Gasteiger partial charge in [-0.2, -0.15) is 0 Å². The van der Waals surface area contributed by atoms with Gasteiger partial charge in [-0.3, -0.25) is 4.79 Å². The van der Waals surface area contributed by atoms with E-state index in [4.69, 9.17) is 17.1 Å². The van der Waals surface area contributed by atoms with E-state index < -0.39 is 9.05 Å². The maximum atomic E-state index is 11.8. The Morgan fingerprint density at radius 2 is 2.17 bits per heavy atom. The summed E-state index contributed by atoms with van der Waals surface area (Å²) in [6.07, 6.45) is 5.48. The summed E-state index contributed by atoms with van der Waals surface area (Å²) in [4.78, 5) is 11.7. The molecule has 4 nitrogen and oxygen atoms in total. The predicted molar refractivity (Wildman–Crippen MR) is 70.0 cm³/mol. The van der Waals surface area contributed by atoms with Gasteiger partial charge >= 0.3 is 0 Å². The monoisotopic (exact) mass is 285 g/mol. The first-order chi connectivity index (χ1) is 8.36. The number of hydrogen-bond donors (Lipinski definition) is 1. The van der Waals surface area contributed by atoms with Crippen molar-refractivity contribution >= 4 is 25.6 Å². The van der Waals surface area contributed by atoms with Crippen LogP contribution in [0.2, 0.25) is 0 Å². The molecule has 1 aromatic carbocycles. The van der Waals surface area contributed by atoms with E-state index in [0.717, 1.165) is 0 Å². The van der Waals surface area contributed by atoms with Crippen molar-refractivity contribution in [2.24, 2.45) is 0 Å². The molecular formula is C12H12ClNO3S. The number of nitrogens with one attached hydrogen (secondary N) is 1. The molecule has 0 saturated heterocycles. The Kier molecular flexibility index (Phi) is 4.76. The lowest BCUT2D eigenvalue weighted by Gasteiger charge is -2.07. The number of amides is 1. The predicted octanol–water partition coefficient (Wildman–Crippen LogP) is 1.68. The van der Waals surface area contributed by atoms with Crippen LogP contribution in [-0.4, -0.2) is 20.9 Å². The zero-order chi connectivity index (χ0) is 13.8. The van der Waals surface area contributed by atoms with Crippen molar-refractivity contribution in [1.82, 2.24) is 5.32 Å². The van der Waals surface area contributed by atoms with Crippen LogP contribution in [0, 0.1) is 19.3 Å². The van der Waals surface area contributed by atoms with Crippen molar-refractivity contribution in [3.8, 4) is 12.3 Å². The molecule has 0 unspecified atom stereocenters. The molecule has 1 aromatic rings. The van der Waals surface area contributed by atoms with Gasteiger partial charge in [0.2, 0.25) is 0 Å². The van der Waals surface area contributed by atoms with Crippen LogP contribution in [0.5, 0.6) is 0 Å². The third-order valence-corrected chi connectivity index (χ3v) is 3.64. The zero-order valence-electron chi connectivity index (χ0n) is 9.73. The van der Waals surface area contributed by atoms with Gasteiger partial charge in [-0.15, -0.1) is 12.3 Å². The molecule has 0 radical (unpaired) electrons. The van der Waals surface area contributed by atoms with Gasteiger partial charge in [0.1, 0.15) is 0 Å². The molecule has 96 valence electrons. The molecule has 0 aromatic heterocycles. The molecule has 0 heterocycles. The highest BCUT2D eigenvalue weighted by Gasteiger charge is 2.15. The smallest absolute Gasteiger partial charge is 0.261 e. The average molecular weight is 286 g/mol. The van der Waals surface area contributed by atoms with Gasteiger partial charge in [-0.05, 0) is 24.6 Å². The van der Waals surface area contributed by atoms with Crippen LogP contribution < -0.4 is 5.32 Å². The molecule has 0 fully saturated rings. The van der Waals surface area contributed by atoms with Gasteiger partial charge in [0.25, 0.3) is 15.0 Å². The second-order valence-electron chi connectivity index (χ2n) is 3.62. The van der Waals surface area contributed by atoms with Gasteiger partial charge in [0, 0.05) is 29.2 Å². The minimum Gasteiger partial charge on any atom is -0.351 e. The minimum atomic E-state index is -3.84. The number of aryl methyl sites for hydroxylation is 1. The first-order valence-electron chi connectivity index (χ1n) is 5.13. The number of hydrogen-bond acceptors (Lipinski definition) is 3. The van der Waals surface area contributed by atoms with Crippen LogP contribution in [0.15, 0.2) is 23.1 Å². The van der Waals surface area contributed by atoms with Crippen molar-refractivity contribution in [3.63, 3.8) is 0 Å². The van der Waals surface area contributed by atoms with Gasteiger partial charge in [-0.25, -0.2) is 8.42 Å². The van der Waals surface area contributed by atoms with Crippen molar-refractivity contribution in [1.29, 1.82) is 0 Å². The van der Waals surface area contributed by atoms with Crippen LogP contribution in [0.1, 0.15) is 22.3 Å². The molecule has 0 aliphatic rings. The molecule has 0 spiro atoms. The summed E-state index contributed by atoms with van der Waals surface area (Å²) in [5.41, 5.74) is 0.936. The molecule has 0 aliphatic carbocycles. The quantitative estimate of drug-likeness (QED) is 0.520. The number of rotatable bonds is 4. The largest absolute Gasteiger partial charge is 0.351 e. The van der Waals surface area contributed by atoms with Crippen LogP contribution in [0.3, 0.4) is 0 Å². The van der Waals surface area contributed by atoms with Crippen molar-refractivity contribution in [2.45, 2.75) is 18.2 Å². The Morgan fingerprint density at radius 1 is 1.50 bits per heavy atom. The Hall–Kier alpha value is -1.51. The van der Waals surface area contributed by atoms with Gasteiger partial charge in [0.05, 0.1) is 4.90 Å². The van der Waals surface area contributed by atoms with Crippen molar-refractivity contribution in [3.05, 3.63) is 29.3 Å². The molecule has 1 amide bonds. The van der Waals surface area contributed by atoms with Gasteiger partial charge in [-0.1, -0.05) is 6.07 Å². The third kappa shape index (κ3) is 3.76. The maximum absolute atomic E-state index is 11.8. The number of carbonyl (C=O) groups excluding carboxylic acids is 1. The molecule has 0 saturated carbocycles.